The summed E-state index contributed by atoms with van der Waals surface area (Å²) in [4.78, 5) is 1.95. The Bertz CT molecular complexity index is 951. The van der Waals surface area contributed by atoms with E-state index >= 15 is 0 Å². The van der Waals surface area contributed by atoms with E-state index < -0.39 is 21.8 Å². The molecule has 0 N–H and O–H groups in total. The van der Waals surface area contributed by atoms with E-state index in [0.29, 0.717) is 12.8 Å². The molecular weight excluding hydrogens is 401 g/mol. The molecule has 0 atom stereocenters. The van der Waals surface area contributed by atoms with Crippen molar-refractivity contribution in [2.24, 2.45) is 0 Å². The average molecular weight is 424 g/mol. The highest BCUT2D eigenvalue weighted by Gasteiger charge is 2.44. The molecule has 0 radical (unpaired) electrons. The molecule has 1 aliphatic heterocycles. The monoisotopic (exact) mass is 424 g/mol. The number of benzene rings is 2. The predicted octanol–water partition coefficient (Wildman–Crippen LogP) is 4.53. The molecule has 0 spiro atoms. The van der Waals surface area contributed by atoms with Crippen LogP contribution in [-0.4, -0.2) is 37.9 Å². The summed E-state index contributed by atoms with van der Waals surface area (Å²) >= 11 is 0. The first-order valence-corrected chi connectivity index (χ1v) is 11.2. The summed E-state index contributed by atoms with van der Waals surface area (Å²) in [5.41, 5.74) is 0.165. The average Bonchev–Trinajstić information content (AvgIpc) is 3.53. The summed E-state index contributed by atoms with van der Waals surface area (Å²) in [7, 11) is -3.99. The highest BCUT2D eigenvalue weighted by atomic mass is 32.2. The molecule has 0 unspecified atom stereocenters. The van der Waals surface area contributed by atoms with E-state index in [-0.39, 0.29) is 17.0 Å². The van der Waals surface area contributed by atoms with E-state index in [1.165, 1.54) is 16.4 Å². The van der Waals surface area contributed by atoms with Gasteiger partial charge < -0.3 is 4.90 Å². The lowest BCUT2D eigenvalue weighted by molar-refractivity contribution is -0.137. The number of hydrogen-bond acceptors (Lipinski definition) is 3. The van der Waals surface area contributed by atoms with E-state index in [0.717, 1.165) is 43.8 Å². The van der Waals surface area contributed by atoms with Gasteiger partial charge in [-0.3, -0.25) is 0 Å². The smallest absolute Gasteiger partial charge is 0.371 e. The van der Waals surface area contributed by atoms with Crippen LogP contribution in [0.15, 0.2) is 59.5 Å². The Hall–Kier alpha value is -2.06. The first kappa shape index (κ1) is 20.2. The zero-order chi connectivity index (χ0) is 20.6. The van der Waals surface area contributed by atoms with Gasteiger partial charge >= 0.3 is 6.18 Å². The molecule has 0 bridgehead atoms. The molecular formula is C21H23F3N2O2S. The van der Waals surface area contributed by atoms with Gasteiger partial charge in [-0.05, 0) is 56.0 Å². The second-order valence-electron chi connectivity index (χ2n) is 7.65. The van der Waals surface area contributed by atoms with Crippen LogP contribution in [0.4, 0.5) is 18.9 Å². The fourth-order valence-electron chi connectivity index (χ4n) is 3.99. The molecule has 1 saturated heterocycles. The highest BCUT2D eigenvalue weighted by molar-refractivity contribution is 7.89. The zero-order valence-electron chi connectivity index (χ0n) is 15.8. The minimum atomic E-state index is -4.57. The van der Waals surface area contributed by atoms with Gasteiger partial charge in [0, 0.05) is 30.9 Å². The van der Waals surface area contributed by atoms with Crippen LogP contribution in [0.25, 0.3) is 0 Å². The van der Waals surface area contributed by atoms with E-state index in [2.05, 4.69) is 4.90 Å². The molecule has 4 rings (SSSR count). The van der Waals surface area contributed by atoms with Gasteiger partial charge in [0.2, 0.25) is 10.0 Å². The van der Waals surface area contributed by atoms with E-state index in [4.69, 9.17) is 0 Å². The van der Waals surface area contributed by atoms with Crippen molar-refractivity contribution in [2.45, 2.75) is 48.8 Å². The Morgan fingerprint density at radius 2 is 1.48 bits per heavy atom. The normalized spacial score (nSPS) is 19.0. The lowest BCUT2D eigenvalue weighted by Gasteiger charge is -2.39. The molecule has 2 aliphatic rings. The van der Waals surface area contributed by atoms with Crippen molar-refractivity contribution in [3.63, 3.8) is 0 Å². The quantitative estimate of drug-likeness (QED) is 0.708. The van der Waals surface area contributed by atoms with Crippen LogP contribution in [-0.2, 0) is 16.2 Å². The van der Waals surface area contributed by atoms with Crippen LogP contribution in [0.5, 0.6) is 0 Å². The maximum atomic E-state index is 13.3. The van der Waals surface area contributed by atoms with Crippen molar-refractivity contribution >= 4 is 15.7 Å². The molecule has 0 aromatic heterocycles. The maximum Gasteiger partial charge on any atom is 0.416 e. The van der Waals surface area contributed by atoms with Crippen LogP contribution in [0.3, 0.4) is 0 Å². The third-order valence-corrected chi connectivity index (χ3v) is 7.59. The minimum absolute atomic E-state index is 0.109. The number of rotatable bonds is 5. The van der Waals surface area contributed by atoms with Crippen molar-refractivity contribution in [3.8, 4) is 0 Å². The Balaban J connectivity index is 1.55. The molecule has 156 valence electrons. The van der Waals surface area contributed by atoms with Crippen LogP contribution < -0.4 is 4.90 Å². The topological polar surface area (TPSA) is 40.6 Å². The first-order valence-electron chi connectivity index (χ1n) is 9.77. The van der Waals surface area contributed by atoms with Gasteiger partial charge in [0.1, 0.15) is 0 Å². The third kappa shape index (κ3) is 4.28. The maximum absolute atomic E-state index is 13.3. The van der Waals surface area contributed by atoms with Crippen LogP contribution in [0, 0.1) is 0 Å². The molecule has 2 aromatic carbocycles. The second kappa shape index (κ2) is 7.65. The highest BCUT2D eigenvalue weighted by Crippen LogP contribution is 2.38. The van der Waals surface area contributed by atoms with Crippen LogP contribution in [0.2, 0.25) is 0 Å². The van der Waals surface area contributed by atoms with Gasteiger partial charge in [0.15, 0.2) is 0 Å². The van der Waals surface area contributed by atoms with Gasteiger partial charge in [-0.25, -0.2) is 8.42 Å². The summed E-state index contributed by atoms with van der Waals surface area (Å²) in [6, 6.07) is 13.7. The predicted molar refractivity (Wildman–Crippen MR) is 105 cm³/mol. The minimum Gasteiger partial charge on any atom is -0.371 e. The third-order valence-electron chi connectivity index (χ3n) is 5.59. The summed E-state index contributed by atoms with van der Waals surface area (Å²) < 4.78 is 67.3. The number of anilines is 1. The van der Waals surface area contributed by atoms with Crippen molar-refractivity contribution in [2.75, 3.05) is 18.0 Å². The molecule has 1 saturated carbocycles. The molecule has 2 fully saturated rings. The van der Waals surface area contributed by atoms with Crippen molar-refractivity contribution in [1.29, 1.82) is 0 Å². The molecule has 0 amide bonds. The first-order chi connectivity index (χ1) is 13.8. The number of nitrogens with zero attached hydrogens (tertiary/aromatic N) is 2. The summed E-state index contributed by atoms with van der Waals surface area (Å²) in [5, 5.41) is 0. The van der Waals surface area contributed by atoms with E-state index in [1.54, 1.807) is 0 Å². The Kier molecular flexibility index (Phi) is 5.33. The fourth-order valence-corrected chi connectivity index (χ4v) is 5.97. The standard InChI is InChI=1S/C21H23F3N2O2S/c22-21(23,24)16-5-4-8-20(15-16)29(27,28)26(18-9-10-18)19-11-13-25(14-12-19)17-6-2-1-3-7-17/h1-8,15,18-19H,9-14H2. The van der Waals surface area contributed by atoms with Crippen molar-refractivity contribution in [3.05, 3.63) is 60.2 Å². The molecule has 2 aromatic rings. The SMILES string of the molecule is O=S(=O)(c1cccc(C(F)(F)F)c1)N(C1CC1)C1CCN(c2ccccc2)CC1. The Labute approximate surface area is 169 Å². The second-order valence-corrected chi connectivity index (χ2v) is 9.49. The van der Waals surface area contributed by atoms with Crippen LogP contribution >= 0.6 is 0 Å². The number of alkyl halides is 3. The van der Waals surface area contributed by atoms with Crippen molar-refractivity contribution in [1.82, 2.24) is 4.31 Å². The molecule has 4 nitrogen and oxygen atoms in total. The molecule has 1 heterocycles. The lowest BCUT2D eigenvalue weighted by atomic mass is 10.0. The number of sulfonamides is 1. The number of para-hydroxylation sites is 1. The largest absolute Gasteiger partial charge is 0.416 e. The van der Waals surface area contributed by atoms with Crippen LogP contribution in [0.1, 0.15) is 31.2 Å². The zero-order valence-corrected chi connectivity index (χ0v) is 16.7. The lowest BCUT2D eigenvalue weighted by Crippen LogP contribution is -2.48. The van der Waals surface area contributed by atoms with Gasteiger partial charge in [0.05, 0.1) is 10.5 Å². The summed E-state index contributed by atoms with van der Waals surface area (Å²) in [5.74, 6) is 0. The van der Waals surface area contributed by atoms with E-state index in [9.17, 15) is 21.6 Å². The molecule has 29 heavy (non-hydrogen) atoms. The van der Waals surface area contributed by atoms with Gasteiger partial charge in [-0.2, -0.15) is 17.5 Å². The Morgan fingerprint density at radius 3 is 2.07 bits per heavy atom. The number of piperidine rings is 1. The van der Waals surface area contributed by atoms with Gasteiger partial charge in [0.25, 0.3) is 0 Å². The Morgan fingerprint density at radius 1 is 0.862 bits per heavy atom. The fraction of sp³-hybridized carbons (Fsp3) is 0.429. The summed E-state index contributed by atoms with van der Waals surface area (Å²) in [6.07, 6.45) is -1.74. The number of halogens is 3. The number of hydrogen-bond donors (Lipinski definition) is 0. The van der Waals surface area contributed by atoms with Crippen molar-refractivity contribution < 1.29 is 21.6 Å². The van der Waals surface area contributed by atoms with Gasteiger partial charge in [-0.15, -0.1) is 0 Å². The summed E-state index contributed by atoms with van der Waals surface area (Å²) in [6.45, 7) is 1.44. The van der Waals surface area contributed by atoms with E-state index in [1.807, 2.05) is 30.3 Å². The molecule has 1 aliphatic carbocycles. The molecule has 8 heteroatoms. The van der Waals surface area contributed by atoms with Gasteiger partial charge in [-0.1, -0.05) is 24.3 Å².